The summed E-state index contributed by atoms with van der Waals surface area (Å²) in [4.78, 5) is 22.4. The van der Waals surface area contributed by atoms with E-state index < -0.39 is 0 Å². The summed E-state index contributed by atoms with van der Waals surface area (Å²) < 4.78 is 9.31. The molecule has 1 rings (SSSR count). The summed E-state index contributed by atoms with van der Waals surface area (Å²) in [5.41, 5.74) is 0.771. The molecule has 0 unspecified atom stereocenters. The molecular weight excluding hydrogens is 252 g/mol. The van der Waals surface area contributed by atoms with Gasteiger partial charge in [0.1, 0.15) is 0 Å². The second-order valence-electron chi connectivity index (χ2n) is 4.65. The molecular formula is C13H20O4S. The number of hydrogen-bond donors (Lipinski definition) is 0. The lowest BCUT2D eigenvalue weighted by Gasteiger charge is -2.12. The number of thioether (sulfide) groups is 1. The molecule has 0 atom stereocenters. The van der Waals surface area contributed by atoms with E-state index in [0.29, 0.717) is 12.0 Å². The molecule has 1 aliphatic rings. The van der Waals surface area contributed by atoms with Crippen LogP contribution in [0.3, 0.4) is 0 Å². The zero-order chi connectivity index (χ0) is 13.6. The van der Waals surface area contributed by atoms with Gasteiger partial charge in [0.05, 0.1) is 20.6 Å². The van der Waals surface area contributed by atoms with E-state index in [9.17, 15) is 9.59 Å². The fraction of sp³-hybridized carbons (Fsp3) is 0.692. The molecule has 0 saturated heterocycles. The minimum atomic E-state index is -0.286. The highest BCUT2D eigenvalue weighted by atomic mass is 32.2. The second kappa shape index (κ2) is 6.83. The molecule has 5 heteroatoms. The third kappa shape index (κ3) is 4.72. The first-order chi connectivity index (χ1) is 8.53. The maximum atomic E-state index is 11.2. The van der Waals surface area contributed by atoms with E-state index in [0.717, 1.165) is 24.3 Å². The van der Waals surface area contributed by atoms with Gasteiger partial charge in [0, 0.05) is 11.3 Å². The number of rotatable bonds is 7. The summed E-state index contributed by atoms with van der Waals surface area (Å²) in [5.74, 6) is 1.29. The minimum Gasteiger partial charge on any atom is -0.469 e. The van der Waals surface area contributed by atoms with Crippen LogP contribution in [0.1, 0.15) is 26.2 Å². The van der Waals surface area contributed by atoms with Gasteiger partial charge in [-0.25, -0.2) is 4.79 Å². The Morgan fingerprint density at radius 1 is 1.28 bits per heavy atom. The van der Waals surface area contributed by atoms with E-state index in [4.69, 9.17) is 4.74 Å². The second-order valence-corrected chi connectivity index (χ2v) is 5.68. The SMILES string of the molecule is COC(=O)CC1(CSC/C=C(/C)C(=O)OC)CC1. The van der Waals surface area contributed by atoms with Gasteiger partial charge in [0.15, 0.2) is 0 Å². The number of hydrogen-bond acceptors (Lipinski definition) is 5. The Balaban J connectivity index is 2.26. The molecule has 0 aromatic carbocycles. The average Bonchev–Trinajstić information content (AvgIpc) is 3.13. The highest BCUT2D eigenvalue weighted by molar-refractivity contribution is 7.99. The summed E-state index contributed by atoms with van der Waals surface area (Å²) in [6.45, 7) is 1.74. The molecule has 102 valence electrons. The predicted molar refractivity (Wildman–Crippen MR) is 71.4 cm³/mol. The van der Waals surface area contributed by atoms with E-state index >= 15 is 0 Å². The van der Waals surface area contributed by atoms with Crippen LogP contribution in [-0.4, -0.2) is 37.7 Å². The molecule has 0 amide bonds. The maximum Gasteiger partial charge on any atom is 0.333 e. The lowest BCUT2D eigenvalue weighted by Crippen LogP contribution is -2.13. The van der Waals surface area contributed by atoms with Crippen LogP contribution in [0.15, 0.2) is 11.6 Å². The van der Waals surface area contributed by atoms with E-state index in [-0.39, 0.29) is 17.4 Å². The molecule has 18 heavy (non-hydrogen) atoms. The third-order valence-electron chi connectivity index (χ3n) is 3.13. The summed E-state index contributed by atoms with van der Waals surface area (Å²) in [6.07, 6.45) is 4.56. The molecule has 0 heterocycles. The van der Waals surface area contributed by atoms with Crippen LogP contribution in [0.4, 0.5) is 0 Å². The lowest BCUT2D eigenvalue weighted by molar-refractivity contribution is -0.141. The Labute approximate surface area is 112 Å². The van der Waals surface area contributed by atoms with Crippen LogP contribution >= 0.6 is 11.8 Å². The predicted octanol–water partition coefficient (Wildman–Crippen LogP) is 2.18. The molecule has 1 saturated carbocycles. The van der Waals surface area contributed by atoms with E-state index in [1.807, 2.05) is 6.08 Å². The molecule has 0 bridgehead atoms. The van der Waals surface area contributed by atoms with Gasteiger partial charge in [-0.3, -0.25) is 4.79 Å². The fourth-order valence-corrected chi connectivity index (χ4v) is 2.94. The van der Waals surface area contributed by atoms with Crippen LogP contribution in [0.2, 0.25) is 0 Å². The van der Waals surface area contributed by atoms with Crippen molar-refractivity contribution in [3.63, 3.8) is 0 Å². The van der Waals surface area contributed by atoms with Crippen molar-refractivity contribution in [3.8, 4) is 0 Å². The smallest absolute Gasteiger partial charge is 0.333 e. The lowest BCUT2D eigenvalue weighted by atomic mass is 10.1. The Morgan fingerprint density at radius 3 is 2.44 bits per heavy atom. The largest absolute Gasteiger partial charge is 0.469 e. The first-order valence-electron chi connectivity index (χ1n) is 5.93. The maximum absolute atomic E-state index is 11.2. The Hall–Kier alpha value is -0.970. The van der Waals surface area contributed by atoms with Crippen molar-refractivity contribution in [2.24, 2.45) is 5.41 Å². The van der Waals surface area contributed by atoms with Gasteiger partial charge in [-0.2, -0.15) is 11.8 Å². The average molecular weight is 272 g/mol. The van der Waals surface area contributed by atoms with Crippen molar-refractivity contribution in [2.45, 2.75) is 26.2 Å². The topological polar surface area (TPSA) is 52.6 Å². The van der Waals surface area contributed by atoms with E-state index in [1.54, 1.807) is 18.7 Å². The zero-order valence-electron chi connectivity index (χ0n) is 11.2. The van der Waals surface area contributed by atoms with Crippen molar-refractivity contribution in [2.75, 3.05) is 25.7 Å². The van der Waals surface area contributed by atoms with Crippen LogP contribution in [0.25, 0.3) is 0 Å². The van der Waals surface area contributed by atoms with Crippen LogP contribution in [0, 0.1) is 5.41 Å². The number of methoxy groups -OCH3 is 2. The zero-order valence-corrected chi connectivity index (χ0v) is 12.0. The van der Waals surface area contributed by atoms with Gasteiger partial charge >= 0.3 is 11.9 Å². The van der Waals surface area contributed by atoms with Crippen molar-refractivity contribution in [1.29, 1.82) is 0 Å². The summed E-state index contributed by atoms with van der Waals surface area (Å²) >= 11 is 1.74. The van der Waals surface area contributed by atoms with E-state index in [2.05, 4.69) is 4.74 Å². The van der Waals surface area contributed by atoms with Gasteiger partial charge in [0.25, 0.3) is 0 Å². The van der Waals surface area contributed by atoms with Crippen LogP contribution in [0.5, 0.6) is 0 Å². The van der Waals surface area contributed by atoms with Gasteiger partial charge in [-0.15, -0.1) is 0 Å². The molecule has 1 aliphatic carbocycles. The summed E-state index contributed by atoms with van der Waals surface area (Å²) in [7, 11) is 2.80. The minimum absolute atomic E-state index is 0.130. The molecule has 0 aromatic heterocycles. The monoisotopic (exact) mass is 272 g/mol. The Kier molecular flexibility index (Phi) is 5.72. The van der Waals surface area contributed by atoms with Crippen molar-refractivity contribution >= 4 is 23.7 Å². The molecule has 0 aliphatic heterocycles. The number of ether oxygens (including phenoxy) is 2. The van der Waals surface area contributed by atoms with Gasteiger partial charge in [0.2, 0.25) is 0 Å². The third-order valence-corrected chi connectivity index (χ3v) is 4.35. The first kappa shape index (κ1) is 15.1. The highest BCUT2D eigenvalue weighted by Gasteiger charge is 2.44. The molecule has 4 nitrogen and oxygen atoms in total. The number of esters is 2. The van der Waals surface area contributed by atoms with Gasteiger partial charge in [-0.05, 0) is 30.9 Å². The quantitative estimate of drug-likeness (QED) is 0.404. The molecule has 0 aromatic rings. The van der Waals surface area contributed by atoms with Gasteiger partial charge in [-0.1, -0.05) is 6.08 Å². The number of carbonyl (C=O) groups is 2. The highest BCUT2D eigenvalue weighted by Crippen LogP contribution is 2.51. The molecule has 0 radical (unpaired) electrons. The van der Waals surface area contributed by atoms with E-state index in [1.165, 1.54) is 14.2 Å². The van der Waals surface area contributed by atoms with Crippen molar-refractivity contribution in [1.82, 2.24) is 0 Å². The van der Waals surface area contributed by atoms with Crippen molar-refractivity contribution < 1.29 is 19.1 Å². The molecule has 0 spiro atoms. The first-order valence-corrected chi connectivity index (χ1v) is 7.08. The Morgan fingerprint density at radius 2 is 1.94 bits per heavy atom. The Bertz CT molecular complexity index is 345. The van der Waals surface area contributed by atoms with Crippen molar-refractivity contribution in [3.05, 3.63) is 11.6 Å². The van der Waals surface area contributed by atoms with Crippen LogP contribution in [-0.2, 0) is 19.1 Å². The molecule has 1 fully saturated rings. The number of carbonyl (C=O) groups excluding carboxylic acids is 2. The molecule has 0 N–H and O–H groups in total. The standard InChI is InChI=1S/C13H20O4S/c1-10(12(15)17-3)4-7-18-9-13(5-6-13)8-11(14)16-2/h4H,5-9H2,1-3H3/b10-4-. The van der Waals surface area contributed by atoms with Crippen LogP contribution < -0.4 is 0 Å². The normalized spacial score (nSPS) is 17.2. The van der Waals surface area contributed by atoms with Gasteiger partial charge < -0.3 is 9.47 Å². The fourth-order valence-electron chi connectivity index (χ4n) is 1.63. The summed E-state index contributed by atoms with van der Waals surface area (Å²) in [5, 5.41) is 0. The summed E-state index contributed by atoms with van der Waals surface area (Å²) in [6, 6.07) is 0.